The molecule has 0 amide bonds. The van der Waals surface area contributed by atoms with Crippen molar-refractivity contribution in [2.75, 3.05) is 0 Å². The summed E-state index contributed by atoms with van der Waals surface area (Å²) in [5.74, 6) is 0. The quantitative estimate of drug-likeness (QED) is 0.119. The first-order valence-electron chi connectivity index (χ1n) is 25.8. The minimum Gasteiger partial charge on any atom is -0.119 e. The third-order valence-corrected chi connectivity index (χ3v) is 18.2. The molecule has 1 aliphatic carbocycles. The first-order chi connectivity index (χ1) is 40.2. The summed E-state index contributed by atoms with van der Waals surface area (Å²) in [4.78, 5) is 0. The fraction of sp³-hybridized carbons (Fsp3) is 0.0566. The lowest BCUT2D eigenvalue weighted by Crippen LogP contribution is -2.57. The number of fused-ring (bicyclic) bond motifs is 3. The van der Waals surface area contributed by atoms with E-state index in [1.807, 2.05) is 0 Å². The molecule has 0 unspecified atom stereocenters. The molecule has 68 radical (unpaired) electrons. The van der Waals surface area contributed by atoms with Gasteiger partial charge in [0.1, 0.15) is 220 Å². The van der Waals surface area contributed by atoms with Crippen LogP contribution in [0.15, 0.2) is 0 Å². The van der Waals surface area contributed by atoms with Gasteiger partial charge in [0.05, 0.1) is 47.1 Å². The van der Waals surface area contributed by atoms with Gasteiger partial charge in [0.2, 0.25) is 0 Å². The summed E-state index contributed by atoms with van der Waals surface area (Å²) in [6.07, 6.45) is 0. The zero-order valence-corrected chi connectivity index (χ0v) is 46.1. The lowest BCUT2D eigenvalue weighted by molar-refractivity contribution is 0.540. The molecule has 12 rings (SSSR count). The molecule has 0 nitrogen and oxygen atoms in total. The van der Waals surface area contributed by atoms with E-state index in [0.29, 0.717) is 0 Å². The Morgan fingerprint density at radius 2 is 0.299 bits per heavy atom. The average molecular weight is 1000 g/mol. The van der Waals surface area contributed by atoms with Crippen LogP contribution >= 0.6 is 0 Å². The standard InChI is InChI=1S/C53B34/c54-23-17(7-5-1-3-13(34(65)26(5)57)42(73)48(79)44(75)15(3)38(69)36(67)11(1)32(63)28(7)59)46(77)50(81)47(78)19(23)20-25(56)22-10(31(62)41(20)72)9-21(51(22,52(82,83)84)53(85,86)87)24(55)18(40(71)30(9)61)8-6-2-4-14(35(66)27(6)58)43(74)49(80)45(76)16(4)39(70)37(68)12(2)33(64)29(8)60. The van der Waals surface area contributed by atoms with Crippen molar-refractivity contribution in [2.45, 2.75) is 15.6 Å². The van der Waals surface area contributed by atoms with Crippen LogP contribution in [0, 0.1) is 0 Å². The van der Waals surface area contributed by atoms with Gasteiger partial charge in [-0.15, -0.1) is 26.6 Å². The Bertz CT molecular complexity index is 5080. The summed E-state index contributed by atoms with van der Waals surface area (Å²) in [6.45, 7) is 0. The van der Waals surface area contributed by atoms with Gasteiger partial charge in [-0.1, -0.05) is 137 Å². The molecule has 0 fully saturated rings. The van der Waals surface area contributed by atoms with E-state index >= 15 is 0 Å². The molecule has 34 heteroatoms. The van der Waals surface area contributed by atoms with Gasteiger partial charge in [-0.3, -0.25) is 0 Å². The minimum atomic E-state index is -2.80. The molecule has 11 aromatic carbocycles. The summed E-state index contributed by atoms with van der Waals surface area (Å²) < 4.78 is 0. The van der Waals surface area contributed by atoms with Gasteiger partial charge in [0.15, 0.2) is 0 Å². The zero-order chi connectivity index (χ0) is 64.4. The van der Waals surface area contributed by atoms with Gasteiger partial charge in [0.25, 0.3) is 0 Å². The van der Waals surface area contributed by atoms with Crippen LogP contribution in [0.4, 0.5) is 0 Å². The van der Waals surface area contributed by atoms with Gasteiger partial charge < -0.3 is 0 Å². The zero-order valence-electron chi connectivity index (χ0n) is 46.1. The molecule has 0 saturated carbocycles. The van der Waals surface area contributed by atoms with E-state index in [1.165, 1.54) is 0 Å². The van der Waals surface area contributed by atoms with Crippen molar-refractivity contribution in [3.8, 4) is 44.5 Å². The highest BCUT2D eigenvalue weighted by atomic mass is 14.5. The summed E-state index contributed by atoms with van der Waals surface area (Å²) in [7, 11) is 237. The van der Waals surface area contributed by atoms with Gasteiger partial charge in [-0.2, -0.15) is 0 Å². The second-order valence-electron chi connectivity index (χ2n) is 22.4. The molecule has 11 aromatic rings. The maximum absolute atomic E-state index is 7.53. The third kappa shape index (κ3) is 7.35. The van der Waals surface area contributed by atoms with Crippen LogP contribution in [-0.4, -0.2) is 267 Å². The summed E-state index contributed by atoms with van der Waals surface area (Å²) in [5.41, 5.74) is -10.0. The van der Waals surface area contributed by atoms with E-state index in [4.69, 9.17) is 267 Å². The third-order valence-electron chi connectivity index (χ3n) is 18.2. The Morgan fingerprint density at radius 3 is 0.575 bits per heavy atom. The molecule has 0 aromatic heterocycles. The number of rotatable bonds is 5. The van der Waals surface area contributed by atoms with Gasteiger partial charge >= 0.3 is 0 Å². The van der Waals surface area contributed by atoms with Crippen LogP contribution < -0.4 is 153 Å². The highest BCUT2D eigenvalue weighted by Gasteiger charge is 2.57. The molecule has 0 heterocycles. The fourth-order valence-corrected chi connectivity index (χ4v) is 14.2. The fourth-order valence-electron chi connectivity index (χ4n) is 14.2. The second-order valence-corrected chi connectivity index (χ2v) is 22.4. The van der Waals surface area contributed by atoms with Crippen LogP contribution in [-0.2, 0) is 5.41 Å². The molecule has 87 heavy (non-hydrogen) atoms. The normalized spacial score (nSPS) is 13.3. The van der Waals surface area contributed by atoms with Gasteiger partial charge in [-0.25, -0.2) is 0 Å². The van der Waals surface area contributed by atoms with Gasteiger partial charge in [0, 0.05) is 0 Å². The van der Waals surface area contributed by atoms with Crippen molar-refractivity contribution in [3.05, 3.63) is 11.1 Å². The molecule has 0 saturated heterocycles. The first-order valence-corrected chi connectivity index (χ1v) is 25.8. The highest BCUT2D eigenvalue weighted by Crippen LogP contribution is 2.63. The molecular weight excluding hydrogens is 1000 g/mol. The molecule has 0 N–H and O–H groups in total. The number of hydrogen-bond acceptors (Lipinski definition) is 0. The molecule has 1 aliphatic rings. The van der Waals surface area contributed by atoms with Crippen LogP contribution in [0.2, 0.25) is 10.2 Å². The largest absolute Gasteiger partial charge is 0.119 e. The second kappa shape index (κ2) is 19.9. The summed E-state index contributed by atoms with van der Waals surface area (Å²) in [5, 5.41) is -3.71. The molecule has 314 valence electrons. The maximum Gasteiger partial charge on any atom is 0.115 e. The average Bonchev–Trinajstić information content (AvgIpc) is 1.63. The molecule has 0 atom stereocenters. The van der Waals surface area contributed by atoms with Crippen molar-refractivity contribution in [2.24, 2.45) is 0 Å². The van der Waals surface area contributed by atoms with Crippen LogP contribution in [0.1, 0.15) is 11.1 Å². The molecule has 0 aliphatic heterocycles. The lowest BCUT2D eigenvalue weighted by atomic mass is 9.17. The van der Waals surface area contributed by atoms with E-state index < -0.39 is 26.6 Å². The van der Waals surface area contributed by atoms with Crippen molar-refractivity contribution in [1.82, 2.24) is 0 Å². The predicted octanol–water partition coefficient (Wildman–Crippen LogP) is -21.9. The monoisotopic (exact) mass is 1010 g/mol. The lowest BCUT2D eigenvalue weighted by Gasteiger charge is -2.57. The molecular formula is C53B34. The maximum atomic E-state index is 7.53. The summed E-state index contributed by atoms with van der Waals surface area (Å²) >= 11 is 0. The summed E-state index contributed by atoms with van der Waals surface area (Å²) in [6, 6.07) is 0. The minimum absolute atomic E-state index is 0.0243. The number of benzene rings is 11. The Kier molecular flexibility index (Phi) is 14.4. The van der Waals surface area contributed by atoms with E-state index in [-0.39, 0.29) is 262 Å². The topological polar surface area (TPSA) is 0 Å². The van der Waals surface area contributed by atoms with Gasteiger partial charge in [-0.05, 0) is 126 Å². The van der Waals surface area contributed by atoms with E-state index in [9.17, 15) is 0 Å². The van der Waals surface area contributed by atoms with Crippen LogP contribution in [0.3, 0.4) is 0 Å². The Balaban J connectivity index is 1.23. The Hall–Kier alpha value is -4.29. The van der Waals surface area contributed by atoms with Crippen molar-refractivity contribution < 1.29 is 0 Å². The van der Waals surface area contributed by atoms with Crippen LogP contribution in [0.25, 0.3) is 109 Å². The Labute approximate surface area is 551 Å². The Morgan fingerprint density at radius 1 is 0.138 bits per heavy atom. The van der Waals surface area contributed by atoms with Crippen molar-refractivity contribution in [1.29, 1.82) is 0 Å². The highest BCUT2D eigenvalue weighted by molar-refractivity contribution is 6.79. The van der Waals surface area contributed by atoms with E-state index in [0.717, 1.165) is 0 Å². The predicted molar refractivity (Wildman–Crippen MR) is 407 cm³/mol. The van der Waals surface area contributed by atoms with E-state index in [1.54, 1.807) is 0 Å². The van der Waals surface area contributed by atoms with Crippen molar-refractivity contribution >= 4 is 484 Å². The number of hydrogen-bond donors (Lipinski definition) is 0. The first kappa shape index (κ1) is 62.9. The van der Waals surface area contributed by atoms with Crippen molar-refractivity contribution in [3.63, 3.8) is 0 Å². The van der Waals surface area contributed by atoms with Crippen LogP contribution in [0.5, 0.6) is 0 Å². The molecule has 0 bridgehead atoms. The smallest absolute Gasteiger partial charge is 0.115 e. The SMILES string of the molecule is [B]c1c([B])c(-c2c([B])c([B])c3c(c2[B])C(C([B])([B])[B])(C([B])([B])[B])c2c([B])c(-c4c([B])c([B])c5c([B])c([B])c6c([B])c([B])c([B])c7c([B])c([B])c4c5c67)c([B])c([B])c2-3)c([B])c(-c2c([B])c([B])c3c([B])c([B])c4c([B])c([B])c([B])c5c([B])c([B])c2c3c45)c1[B]. The molecule has 0 spiro atoms. The van der Waals surface area contributed by atoms with E-state index in [2.05, 4.69) is 0 Å².